The predicted octanol–water partition coefficient (Wildman–Crippen LogP) is 0.475. The summed E-state index contributed by atoms with van der Waals surface area (Å²) in [6.07, 6.45) is 1.23. The van der Waals surface area contributed by atoms with Crippen molar-refractivity contribution in [3.8, 4) is 0 Å². The molecule has 1 rings (SSSR count). The molecule has 0 amide bonds. The van der Waals surface area contributed by atoms with Crippen LogP contribution >= 0.6 is 0 Å². The van der Waals surface area contributed by atoms with Gasteiger partial charge in [0.25, 0.3) is 0 Å². The Labute approximate surface area is 87.7 Å². The molecule has 0 aliphatic rings. The van der Waals surface area contributed by atoms with E-state index in [1.807, 2.05) is 0 Å². The van der Waals surface area contributed by atoms with Gasteiger partial charge < -0.3 is 10.2 Å². The monoisotopic (exact) mass is 362 g/mol. The number of hydrogen-bond acceptors (Lipinski definition) is 3. The topological polar surface area (TPSA) is 87.5 Å². The van der Waals surface area contributed by atoms with Gasteiger partial charge in [-0.15, -0.1) is 0 Å². The zero-order valence-electron chi connectivity index (χ0n) is 6.21. The quantitative estimate of drug-likeness (QED) is 0.799. The van der Waals surface area contributed by atoms with Gasteiger partial charge in [0.15, 0.2) is 5.69 Å². The van der Waals surface area contributed by atoms with E-state index in [4.69, 9.17) is 10.2 Å². The fraction of sp³-hybridized carbons (Fsp3) is 0. The van der Waals surface area contributed by atoms with E-state index < -0.39 is 17.6 Å². The third kappa shape index (κ3) is 2.63. The summed E-state index contributed by atoms with van der Waals surface area (Å²) >= 11 is 0. The Morgan fingerprint density at radius 1 is 1.23 bits per heavy atom. The van der Waals surface area contributed by atoms with Gasteiger partial charge in [0.05, 0.1) is 5.56 Å². The van der Waals surface area contributed by atoms with Gasteiger partial charge in [0.1, 0.15) is 0 Å². The smallest absolute Gasteiger partial charge is 0.355 e. The molecule has 0 saturated carbocycles. The van der Waals surface area contributed by atoms with E-state index in [1.54, 1.807) is 0 Å². The van der Waals surface area contributed by atoms with Crippen LogP contribution in [0.4, 0.5) is 0 Å². The van der Waals surface area contributed by atoms with Crippen LogP contribution in [0.15, 0.2) is 18.3 Å². The SMILES string of the molecule is O=C(O)c1cccnc1C(=O)O.[Pt]. The van der Waals surface area contributed by atoms with Gasteiger partial charge >= 0.3 is 11.9 Å². The molecule has 0 aliphatic heterocycles. The molecular weight excluding hydrogens is 357 g/mol. The molecule has 6 heteroatoms. The normalized spacial score (nSPS) is 8.62. The zero-order chi connectivity index (χ0) is 9.14. The largest absolute Gasteiger partial charge is 0.478 e. The molecule has 0 spiro atoms. The Bertz CT molecular complexity index is 306. The first-order valence-electron chi connectivity index (χ1n) is 3.04. The van der Waals surface area contributed by atoms with Gasteiger partial charge in [-0.3, -0.25) is 0 Å². The summed E-state index contributed by atoms with van der Waals surface area (Å²) in [7, 11) is 0. The molecule has 0 unspecified atom stereocenters. The average Bonchev–Trinajstić information content (AvgIpc) is 2.04. The summed E-state index contributed by atoms with van der Waals surface area (Å²) in [4.78, 5) is 24.2. The first kappa shape index (κ1) is 11.8. The minimum absolute atomic E-state index is 0. The van der Waals surface area contributed by atoms with Gasteiger partial charge in [0, 0.05) is 27.3 Å². The number of hydrogen-bond donors (Lipinski definition) is 2. The van der Waals surface area contributed by atoms with Gasteiger partial charge in [-0.05, 0) is 12.1 Å². The molecule has 1 aromatic heterocycles. The zero-order valence-corrected chi connectivity index (χ0v) is 8.48. The van der Waals surface area contributed by atoms with Crippen LogP contribution in [0, 0.1) is 0 Å². The molecular formula is C7H5NO4Pt. The Balaban J connectivity index is 0.00000144. The van der Waals surface area contributed by atoms with Crippen molar-refractivity contribution in [3.63, 3.8) is 0 Å². The number of aromatic nitrogens is 1. The van der Waals surface area contributed by atoms with Gasteiger partial charge in [-0.1, -0.05) is 0 Å². The van der Waals surface area contributed by atoms with Gasteiger partial charge in [0.2, 0.25) is 0 Å². The molecule has 72 valence electrons. The van der Waals surface area contributed by atoms with Crippen LogP contribution in [-0.4, -0.2) is 27.1 Å². The third-order valence-corrected chi connectivity index (χ3v) is 1.24. The van der Waals surface area contributed by atoms with Crippen molar-refractivity contribution in [3.05, 3.63) is 29.6 Å². The molecule has 0 aliphatic carbocycles. The van der Waals surface area contributed by atoms with Crippen LogP contribution in [0.2, 0.25) is 0 Å². The van der Waals surface area contributed by atoms with Gasteiger partial charge in [-0.25, -0.2) is 14.6 Å². The van der Waals surface area contributed by atoms with E-state index >= 15 is 0 Å². The van der Waals surface area contributed by atoms with E-state index in [1.165, 1.54) is 18.3 Å². The van der Waals surface area contributed by atoms with Crippen molar-refractivity contribution >= 4 is 11.9 Å². The number of rotatable bonds is 2. The first-order chi connectivity index (χ1) is 5.63. The molecule has 0 atom stereocenters. The molecule has 0 radical (unpaired) electrons. The molecule has 0 fully saturated rings. The van der Waals surface area contributed by atoms with Crippen LogP contribution in [0.25, 0.3) is 0 Å². The molecule has 1 aromatic rings. The standard InChI is InChI=1S/C7H5NO4.Pt/c9-6(10)4-2-1-3-8-5(4)7(11)12;/h1-3H,(H,9,10)(H,11,12);. The number of aromatic carboxylic acids is 2. The minimum atomic E-state index is -1.34. The van der Waals surface area contributed by atoms with Crippen LogP contribution in [-0.2, 0) is 21.1 Å². The van der Waals surface area contributed by atoms with Crippen molar-refractivity contribution in [2.75, 3.05) is 0 Å². The minimum Gasteiger partial charge on any atom is -0.478 e. The van der Waals surface area contributed by atoms with E-state index in [-0.39, 0.29) is 26.6 Å². The average molecular weight is 362 g/mol. The maximum Gasteiger partial charge on any atom is 0.355 e. The predicted molar refractivity (Wildman–Crippen MR) is 38.2 cm³/mol. The second-order valence-electron chi connectivity index (χ2n) is 2.01. The molecule has 0 saturated heterocycles. The van der Waals surface area contributed by atoms with E-state index in [2.05, 4.69) is 4.98 Å². The third-order valence-electron chi connectivity index (χ3n) is 1.24. The van der Waals surface area contributed by atoms with Crippen molar-refractivity contribution in [1.29, 1.82) is 0 Å². The molecule has 0 aromatic carbocycles. The maximum absolute atomic E-state index is 10.4. The van der Waals surface area contributed by atoms with Crippen LogP contribution in [0.5, 0.6) is 0 Å². The van der Waals surface area contributed by atoms with Crippen molar-refractivity contribution in [2.45, 2.75) is 0 Å². The van der Waals surface area contributed by atoms with Crippen LogP contribution < -0.4 is 0 Å². The van der Waals surface area contributed by atoms with E-state index in [0.29, 0.717) is 0 Å². The van der Waals surface area contributed by atoms with Crippen molar-refractivity contribution in [1.82, 2.24) is 4.98 Å². The summed E-state index contributed by atoms with van der Waals surface area (Å²) in [5.41, 5.74) is -0.741. The van der Waals surface area contributed by atoms with Crippen molar-refractivity contribution in [2.24, 2.45) is 0 Å². The number of carbonyl (C=O) groups is 2. The molecule has 2 N–H and O–H groups in total. The second-order valence-corrected chi connectivity index (χ2v) is 2.01. The number of nitrogens with zero attached hydrogens (tertiary/aromatic N) is 1. The maximum atomic E-state index is 10.4. The van der Waals surface area contributed by atoms with Crippen LogP contribution in [0.1, 0.15) is 20.8 Å². The Morgan fingerprint density at radius 2 is 1.85 bits per heavy atom. The number of pyridine rings is 1. The van der Waals surface area contributed by atoms with E-state index in [9.17, 15) is 9.59 Å². The summed E-state index contributed by atoms with van der Waals surface area (Å²) < 4.78 is 0. The Kier molecular flexibility index (Phi) is 4.28. The first-order valence-corrected chi connectivity index (χ1v) is 3.04. The second kappa shape index (κ2) is 4.72. The number of carboxylic acid groups (broad SMARTS) is 2. The summed E-state index contributed by atoms with van der Waals surface area (Å²) in [6.45, 7) is 0. The molecule has 13 heavy (non-hydrogen) atoms. The summed E-state index contributed by atoms with van der Waals surface area (Å²) in [5.74, 6) is -2.63. The fourth-order valence-electron chi connectivity index (χ4n) is 0.748. The fourth-order valence-corrected chi connectivity index (χ4v) is 0.748. The van der Waals surface area contributed by atoms with Crippen LogP contribution in [0.3, 0.4) is 0 Å². The molecule has 5 nitrogen and oxygen atoms in total. The van der Waals surface area contributed by atoms with Gasteiger partial charge in [-0.2, -0.15) is 0 Å². The molecule has 0 bridgehead atoms. The Hall–Kier alpha value is -1.22. The molecule has 1 heterocycles. The van der Waals surface area contributed by atoms with E-state index in [0.717, 1.165) is 0 Å². The van der Waals surface area contributed by atoms with Crippen molar-refractivity contribution < 1.29 is 40.9 Å². The summed E-state index contributed by atoms with van der Waals surface area (Å²) in [5, 5.41) is 17.0. The summed E-state index contributed by atoms with van der Waals surface area (Å²) in [6, 6.07) is 2.56. The number of carboxylic acids is 2. The Morgan fingerprint density at radius 3 is 2.23 bits per heavy atom.